The van der Waals surface area contributed by atoms with Crippen LogP contribution in [0.5, 0.6) is 0 Å². The minimum atomic E-state index is 0. The van der Waals surface area contributed by atoms with Crippen molar-refractivity contribution in [1.29, 1.82) is 0 Å². The molecule has 2 aromatic rings. The fourth-order valence-electron chi connectivity index (χ4n) is 2.06. The third kappa shape index (κ3) is 7.27. The molecule has 0 atom stereocenters. The van der Waals surface area contributed by atoms with Crippen molar-refractivity contribution in [3.8, 4) is 5.69 Å². The van der Waals surface area contributed by atoms with Gasteiger partial charge >= 0.3 is 0 Å². The topological polar surface area (TPSA) is 54.2 Å². The molecule has 1 aromatic heterocycles. The Morgan fingerprint density at radius 2 is 1.96 bits per heavy atom. The minimum Gasteiger partial charge on any atom is -0.357 e. The molecule has 138 valence electrons. The first-order valence-corrected chi connectivity index (χ1v) is 9.43. The quantitative estimate of drug-likeness (QED) is 0.366. The molecule has 1 aromatic carbocycles. The van der Waals surface area contributed by atoms with E-state index in [2.05, 4.69) is 72.0 Å². The molecule has 25 heavy (non-hydrogen) atoms. The number of hydrogen-bond donors (Lipinski definition) is 2. The van der Waals surface area contributed by atoms with Crippen molar-refractivity contribution in [1.82, 2.24) is 20.4 Å². The first-order chi connectivity index (χ1) is 11.5. The molecule has 0 saturated carbocycles. The first kappa shape index (κ1) is 21.8. The van der Waals surface area contributed by atoms with Gasteiger partial charge in [-0.3, -0.25) is 0 Å². The number of nitrogens with one attached hydrogen (secondary N) is 2. The van der Waals surface area contributed by atoms with Crippen LogP contribution < -0.4 is 10.6 Å². The average molecular weight is 473 g/mol. The molecule has 0 amide bonds. The molecule has 0 aliphatic rings. The van der Waals surface area contributed by atoms with E-state index in [0.717, 1.165) is 24.7 Å². The van der Waals surface area contributed by atoms with Gasteiger partial charge in [0.1, 0.15) is 0 Å². The van der Waals surface area contributed by atoms with Crippen molar-refractivity contribution in [2.75, 3.05) is 19.3 Å². The maximum atomic E-state index is 4.68. The number of halogens is 1. The number of nitrogens with zero attached hydrogens (tertiary/aromatic N) is 3. The van der Waals surface area contributed by atoms with Crippen LogP contribution in [0.25, 0.3) is 5.69 Å². The van der Waals surface area contributed by atoms with Gasteiger partial charge in [0, 0.05) is 30.2 Å². The van der Waals surface area contributed by atoms with E-state index in [1.54, 1.807) is 6.20 Å². The van der Waals surface area contributed by atoms with Crippen LogP contribution in [0, 0.1) is 0 Å². The summed E-state index contributed by atoms with van der Waals surface area (Å²) in [4.78, 5) is 4.68. The van der Waals surface area contributed by atoms with E-state index in [0.29, 0.717) is 6.54 Å². The van der Waals surface area contributed by atoms with Gasteiger partial charge in [-0.15, -0.1) is 24.0 Å². The molecule has 0 bridgehead atoms. The number of rotatable bonds is 7. The highest BCUT2D eigenvalue weighted by Gasteiger charge is 2.15. The van der Waals surface area contributed by atoms with Crippen LogP contribution in [-0.2, 0) is 6.54 Å². The van der Waals surface area contributed by atoms with Crippen LogP contribution in [0.2, 0.25) is 0 Å². The highest BCUT2D eigenvalue weighted by molar-refractivity contribution is 14.0. The molecule has 0 unspecified atom stereocenters. The van der Waals surface area contributed by atoms with E-state index in [-0.39, 0.29) is 28.7 Å². The summed E-state index contributed by atoms with van der Waals surface area (Å²) in [5, 5.41) is 11.0. The molecule has 7 heteroatoms. The summed E-state index contributed by atoms with van der Waals surface area (Å²) in [5.41, 5.74) is 2.23. The second-order valence-corrected chi connectivity index (χ2v) is 7.64. The molecule has 0 spiro atoms. The first-order valence-electron chi connectivity index (χ1n) is 8.20. The van der Waals surface area contributed by atoms with Crippen LogP contribution in [-0.4, -0.2) is 39.8 Å². The molecule has 0 fully saturated rings. The Morgan fingerprint density at radius 1 is 1.24 bits per heavy atom. The van der Waals surface area contributed by atoms with Crippen molar-refractivity contribution >= 4 is 41.7 Å². The van der Waals surface area contributed by atoms with Gasteiger partial charge in [-0.25, -0.2) is 9.67 Å². The Morgan fingerprint density at radius 3 is 2.52 bits per heavy atom. The third-order valence-electron chi connectivity index (χ3n) is 3.70. The van der Waals surface area contributed by atoms with Crippen molar-refractivity contribution in [2.45, 2.75) is 32.1 Å². The summed E-state index contributed by atoms with van der Waals surface area (Å²) < 4.78 is 2.03. The lowest BCUT2D eigenvalue weighted by molar-refractivity contribution is 0.665. The zero-order valence-electron chi connectivity index (χ0n) is 15.3. The Hall–Kier alpha value is -1.22. The predicted molar refractivity (Wildman–Crippen MR) is 119 cm³/mol. The Labute approximate surface area is 172 Å². The van der Waals surface area contributed by atoms with E-state index in [1.807, 2.05) is 28.7 Å². The standard InChI is InChI=1S/C18H27N5S.HI/c1-5-19-17(21-14-18(2,3)24-4)20-13-15-7-9-16(10-8-15)23-12-6-11-22-23;/h6-12H,5,13-14H2,1-4H3,(H2,19,20,21);1H. The zero-order chi connectivity index (χ0) is 17.4. The Bertz CT molecular complexity index is 638. The van der Waals surface area contributed by atoms with Crippen LogP contribution in [0.15, 0.2) is 47.7 Å². The fraction of sp³-hybridized carbons (Fsp3) is 0.444. The van der Waals surface area contributed by atoms with Crippen LogP contribution in [0.1, 0.15) is 26.3 Å². The number of thioether (sulfide) groups is 1. The second kappa shape index (κ2) is 10.7. The SMILES string of the molecule is CCNC(=NCc1ccc(-n2cccn2)cc1)NCC(C)(C)SC.I. The summed E-state index contributed by atoms with van der Waals surface area (Å²) >= 11 is 1.85. The van der Waals surface area contributed by atoms with Gasteiger partial charge in [-0.05, 0) is 50.8 Å². The molecule has 1 heterocycles. The Kier molecular flexibility index (Phi) is 9.34. The smallest absolute Gasteiger partial charge is 0.191 e. The highest BCUT2D eigenvalue weighted by Crippen LogP contribution is 2.19. The maximum absolute atomic E-state index is 4.68. The zero-order valence-corrected chi connectivity index (χ0v) is 18.5. The van der Waals surface area contributed by atoms with Crippen LogP contribution in [0.3, 0.4) is 0 Å². The van der Waals surface area contributed by atoms with E-state index in [4.69, 9.17) is 0 Å². The van der Waals surface area contributed by atoms with E-state index >= 15 is 0 Å². The number of guanidine groups is 1. The van der Waals surface area contributed by atoms with Gasteiger partial charge in [0.25, 0.3) is 0 Å². The lowest BCUT2D eigenvalue weighted by Gasteiger charge is -2.23. The summed E-state index contributed by atoms with van der Waals surface area (Å²) in [5.74, 6) is 0.857. The molecule has 2 rings (SSSR count). The minimum absolute atomic E-state index is 0. The van der Waals surface area contributed by atoms with Gasteiger partial charge in [-0.1, -0.05) is 12.1 Å². The van der Waals surface area contributed by atoms with Gasteiger partial charge in [0.15, 0.2) is 5.96 Å². The number of hydrogen-bond acceptors (Lipinski definition) is 3. The van der Waals surface area contributed by atoms with Gasteiger partial charge in [0.05, 0.1) is 12.2 Å². The highest BCUT2D eigenvalue weighted by atomic mass is 127. The summed E-state index contributed by atoms with van der Waals surface area (Å²) in [6.07, 6.45) is 5.85. The van der Waals surface area contributed by atoms with Crippen molar-refractivity contribution in [2.24, 2.45) is 4.99 Å². The largest absolute Gasteiger partial charge is 0.357 e. The van der Waals surface area contributed by atoms with E-state index < -0.39 is 0 Å². The predicted octanol–water partition coefficient (Wildman–Crippen LogP) is 3.69. The average Bonchev–Trinajstić information content (AvgIpc) is 3.12. The van der Waals surface area contributed by atoms with Crippen LogP contribution >= 0.6 is 35.7 Å². The monoisotopic (exact) mass is 473 g/mol. The van der Waals surface area contributed by atoms with Crippen molar-refractivity contribution in [3.63, 3.8) is 0 Å². The molecule has 5 nitrogen and oxygen atoms in total. The van der Waals surface area contributed by atoms with Crippen molar-refractivity contribution < 1.29 is 0 Å². The third-order valence-corrected chi connectivity index (χ3v) is 4.95. The second-order valence-electron chi connectivity index (χ2n) is 6.13. The number of benzene rings is 1. The van der Waals surface area contributed by atoms with Crippen molar-refractivity contribution in [3.05, 3.63) is 48.3 Å². The van der Waals surface area contributed by atoms with Gasteiger partial charge in [-0.2, -0.15) is 16.9 Å². The normalized spacial score (nSPS) is 11.8. The summed E-state index contributed by atoms with van der Waals surface area (Å²) in [7, 11) is 0. The lowest BCUT2D eigenvalue weighted by Crippen LogP contribution is -2.43. The molecule has 0 saturated heterocycles. The molecular weight excluding hydrogens is 445 g/mol. The summed E-state index contributed by atoms with van der Waals surface area (Å²) in [6.45, 7) is 8.90. The van der Waals surface area contributed by atoms with E-state index in [9.17, 15) is 0 Å². The van der Waals surface area contributed by atoms with E-state index in [1.165, 1.54) is 5.56 Å². The molecule has 0 radical (unpaired) electrons. The molecular formula is C18H28IN5S. The Balaban J connectivity index is 0.00000312. The number of aromatic nitrogens is 2. The summed E-state index contributed by atoms with van der Waals surface area (Å²) in [6, 6.07) is 10.2. The number of aliphatic imine (C=N–C) groups is 1. The van der Waals surface area contributed by atoms with Gasteiger partial charge in [0.2, 0.25) is 0 Å². The molecule has 0 aliphatic carbocycles. The van der Waals surface area contributed by atoms with Gasteiger partial charge < -0.3 is 10.6 Å². The molecule has 0 aliphatic heterocycles. The molecule has 2 N–H and O–H groups in total. The maximum Gasteiger partial charge on any atom is 0.191 e. The fourth-order valence-corrected chi connectivity index (χ4v) is 2.27. The van der Waals surface area contributed by atoms with Crippen LogP contribution in [0.4, 0.5) is 0 Å². The lowest BCUT2D eigenvalue weighted by atomic mass is 10.2.